The number of thiophene rings is 1. The number of aromatic nitrogens is 2. The number of benzene rings is 1. The molecular weight excluding hydrogens is 328 g/mol. The van der Waals surface area contributed by atoms with Gasteiger partial charge in [-0.2, -0.15) is 10.4 Å². The summed E-state index contributed by atoms with van der Waals surface area (Å²) < 4.78 is 0. The van der Waals surface area contributed by atoms with E-state index in [1.165, 1.54) is 29.7 Å². The molecule has 4 nitrogen and oxygen atoms in total. The molecule has 0 unspecified atom stereocenters. The summed E-state index contributed by atoms with van der Waals surface area (Å²) >= 11 is 1.67. The van der Waals surface area contributed by atoms with Crippen molar-refractivity contribution in [3.05, 3.63) is 58.1 Å². The van der Waals surface area contributed by atoms with Crippen molar-refractivity contribution in [3.63, 3.8) is 0 Å². The number of nitrogens with one attached hydrogen (secondary N) is 1. The lowest BCUT2D eigenvalue weighted by Crippen LogP contribution is -1.87. The number of fused-ring (bicyclic) bond motifs is 1. The Morgan fingerprint density at radius 1 is 1.16 bits per heavy atom. The molecule has 0 saturated heterocycles. The van der Waals surface area contributed by atoms with Crippen LogP contribution in [0.1, 0.15) is 40.8 Å². The van der Waals surface area contributed by atoms with E-state index in [1.807, 2.05) is 36.5 Å². The van der Waals surface area contributed by atoms with E-state index in [1.54, 1.807) is 17.5 Å². The summed E-state index contributed by atoms with van der Waals surface area (Å²) in [6.45, 7) is 0. The van der Waals surface area contributed by atoms with E-state index < -0.39 is 0 Å². The van der Waals surface area contributed by atoms with Gasteiger partial charge in [0.25, 0.3) is 0 Å². The Balaban J connectivity index is 1.68. The molecule has 124 valence electrons. The first-order chi connectivity index (χ1) is 12.4. The van der Waals surface area contributed by atoms with Crippen molar-refractivity contribution in [2.45, 2.75) is 32.1 Å². The third kappa shape index (κ3) is 3.13. The van der Waals surface area contributed by atoms with Crippen LogP contribution in [-0.4, -0.2) is 16.4 Å². The smallest absolute Gasteiger partial charge is 0.134 e. The van der Waals surface area contributed by atoms with E-state index in [4.69, 9.17) is 0 Å². The summed E-state index contributed by atoms with van der Waals surface area (Å²) in [5, 5.41) is 17.6. The summed E-state index contributed by atoms with van der Waals surface area (Å²) in [7, 11) is 0. The molecule has 1 aliphatic rings. The predicted molar refractivity (Wildman–Crippen MR) is 102 cm³/mol. The van der Waals surface area contributed by atoms with Crippen LogP contribution in [0.3, 0.4) is 0 Å². The highest BCUT2D eigenvalue weighted by molar-refractivity contribution is 7.16. The molecule has 0 radical (unpaired) electrons. The second-order valence-electron chi connectivity index (χ2n) is 6.18. The van der Waals surface area contributed by atoms with Crippen LogP contribution in [0.25, 0.3) is 11.3 Å². The van der Waals surface area contributed by atoms with Gasteiger partial charge >= 0.3 is 0 Å². The van der Waals surface area contributed by atoms with E-state index >= 15 is 0 Å². The van der Waals surface area contributed by atoms with E-state index in [0.717, 1.165) is 40.2 Å². The molecule has 3 aromatic rings. The van der Waals surface area contributed by atoms with Crippen LogP contribution < -0.4 is 0 Å². The zero-order chi connectivity index (χ0) is 17.1. The van der Waals surface area contributed by atoms with Gasteiger partial charge in [0, 0.05) is 22.2 Å². The molecule has 0 fully saturated rings. The maximum atomic E-state index is 9.61. The van der Waals surface area contributed by atoms with Crippen LogP contribution in [0.2, 0.25) is 0 Å². The van der Waals surface area contributed by atoms with E-state index in [0.29, 0.717) is 0 Å². The molecule has 0 atom stereocenters. The van der Waals surface area contributed by atoms with Gasteiger partial charge in [-0.25, -0.2) is 4.99 Å². The monoisotopic (exact) mass is 346 g/mol. The van der Waals surface area contributed by atoms with Crippen LogP contribution in [0.15, 0.2) is 41.5 Å². The number of aromatic amines is 1. The third-order valence-electron chi connectivity index (χ3n) is 4.57. The minimum absolute atomic E-state index is 0.767. The highest BCUT2D eigenvalue weighted by Crippen LogP contribution is 2.38. The van der Waals surface area contributed by atoms with Gasteiger partial charge in [-0.1, -0.05) is 36.8 Å². The lowest BCUT2D eigenvalue weighted by Gasteiger charge is -1.99. The molecular formula is C20H18N4S. The third-order valence-corrected chi connectivity index (χ3v) is 5.77. The van der Waals surface area contributed by atoms with Gasteiger partial charge < -0.3 is 0 Å². The average Bonchev–Trinajstić information content (AvgIpc) is 3.18. The lowest BCUT2D eigenvalue weighted by atomic mass is 10.1. The van der Waals surface area contributed by atoms with Crippen LogP contribution in [0, 0.1) is 11.3 Å². The highest BCUT2D eigenvalue weighted by atomic mass is 32.1. The number of hydrogen-bond donors (Lipinski definition) is 1. The quantitative estimate of drug-likeness (QED) is 0.534. The fourth-order valence-electron chi connectivity index (χ4n) is 3.29. The molecule has 2 aromatic heterocycles. The van der Waals surface area contributed by atoms with Gasteiger partial charge in [0.15, 0.2) is 0 Å². The fourth-order valence-corrected chi connectivity index (χ4v) is 4.48. The molecule has 25 heavy (non-hydrogen) atoms. The van der Waals surface area contributed by atoms with Crippen molar-refractivity contribution >= 4 is 22.6 Å². The standard InChI is InChI=1S/C20H18N4S/c21-11-17-16-9-5-2-6-10-18(16)25-20(17)22-12-15-13-23-24-19(15)14-7-3-1-4-8-14/h1,3-4,7-8,12-13H,2,5-6,9-10H2,(H,23,24). The maximum absolute atomic E-state index is 9.61. The van der Waals surface area contributed by atoms with Crippen molar-refractivity contribution < 1.29 is 0 Å². The molecule has 5 heteroatoms. The van der Waals surface area contributed by atoms with Gasteiger partial charge in [-0.05, 0) is 31.2 Å². The largest absolute Gasteiger partial charge is 0.277 e. The number of hydrogen-bond acceptors (Lipinski definition) is 4. The van der Waals surface area contributed by atoms with E-state index in [-0.39, 0.29) is 0 Å². The van der Waals surface area contributed by atoms with Crippen molar-refractivity contribution in [1.29, 1.82) is 5.26 Å². The minimum atomic E-state index is 0.767. The SMILES string of the molecule is N#Cc1c(N=Cc2cn[nH]c2-c2ccccc2)sc2c1CCCCC2. The van der Waals surface area contributed by atoms with Gasteiger partial charge in [-0.15, -0.1) is 11.3 Å². The van der Waals surface area contributed by atoms with Crippen LogP contribution >= 0.6 is 11.3 Å². The first-order valence-corrected chi connectivity index (χ1v) is 9.36. The van der Waals surface area contributed by atoms with Gasteiger partial charge in [0.2, 0.25) is 0 Å². The second-order valence-corrected chi connectivity index (χ2v) is 7.26. The Hall–Kier alpha value is -2.71. The Morgan fingerprint density at radius 2 is 2.00 bits per heavy atom. The van der Waals surface area contributed by atoms with Crippen LogP contribution in [0.5, 0.6) is 0 Å². The number of aliphatic imine (C=N–C) groups is 1. The summed E-state index contributed by atoms with van der Waals surface area (Å²) in [6.07, 6.45) is 9.30. The summed E-state index contributed by atoms with van der Waals surface area (Å²) in [5.41, 5.74) is 4.94. The highest BCUT2D eigenvalue weighted by Gasteiger charge is 2.19. The number of rotatable bonds is 3. The number of nitriles is 1. The van der Waals surface area contributed by atoms with Crippen molar-refractivity contribution in [1.82, 2.24) is 10.2 Å². The molecule has 1 aromatic carbocycles. The Labute approximate surface area is 150 Å². The van der Waals surface area contributed by atoms with Crippen molar-refractivity contribution in [3.8, 4) is 17.3 Å². The second kappa shape index (κ2) is 7.04. The van der Waals surface area contributed by atoms with Crippen LogP contribution in [0.4, 0.5) is 5.00 Å². The summed E-state index contributed by atoms with van der Waals surface area (Å²) in [4.78, 5) is 6.00. The van der Waals surface area contributed by atoms with E-state index in [9.17, 15) is 5.26 Å². The Bertz CT molecular complexity index is 944. The fraction of sp³-hybridized carbons (Fsp3) is 0.250. The Morgan fingerprint density at radius 3 is 2.84 bits per heavy atom. The molecule has 0 spiro atoms. The molecule has 0 bridgehead atoms. The number of nitrogens with zero attached hydrogens (tertiary/aromatic N) is 3. The average molecular weight is 346 g/mol. The zero-order valence-electron chi connectivity index (χ0n) is 13.8. The molecule has 0 saturated carbocycles. The van der Waals surface area contributed by atoms with E-state index in [2.05, 4.69) is 21.3 Å². The first kappa shape index (κ1) is 15.8. The molecule has 1 aliphatic carbocycles. The predicted octanol–water partition coefficient (Wildman–Crippen LogP) is 5.03. The van der Waals surface area contributed by atoms with Gasteiger partial charge in [0.1, 0.15) is 11.1 Å². The normalized spacial score (nSPS) is 14.2. The summed E-state index contributed by atoms with van der Waals surface area (Å²) in [5.74, 6) is 0. The molecule has 1 N–H and O–H groups in total. The molecule has 0 aliphatic heterocycles. The number of H-pyrrole nitrogens is 1. The maximum Gasteiger partial charge on any atom is 0.134 e. The van der Waals surface area contributed by atoms with Crippen LogP contribution in [-0.2, 0) is 12.8 Å². The Kier molecular flexibility index (Phi) is 4.45. The van der Waals surface area contributed by atoms with Gasteiger partial charge in [0.05, 0.1) is 17.5 Å². The minimum Gasteiger partial charge on any atom is -0.277 e. The van der Waals surface area contributed by atoms with Crippen molar-refractivity contribution in [2.24, 2.45) is 4.99 Å². The van der Waals surface area contributed by atoms with Gasteiger partial charge in [-0.3, -0.25) is 5.10 Å². The van der Waals surface area contributed by atoms with Crippen molar-refractivity contribution in [2.75, 3.05) is 0 Å². The summed E-state index contributed by atoms with van der Waals surface area (Å²) in [6, 6.07) is 12.5. The lowest BCUT2D eigenvalue weighted by molar-refractivity contribution is 0.712. The molecule has 0 amide bonds. The number of aryl methyl sites for hydroxylation is 1. The molecule has 2 heterocycles. The zero-order valence-corrected chi connectivity index (χ0v) is 14.6. The molecule has 4 rings (SSSR count). The topological polar surface area (TPSA) is 64.8 Å². The first-order valence-electron chi connectivity index (χ1n) is 8.54.